The van der Waals surface area contributed by atoms with E-state index in [-0.39, 0.29) is 5.97 Å². The van der Waals surface area contributed by atoms with Gasteiger partial charge < -0.3 is 10.1 Å². The van der Waals surface area contributed by atoms with Gasteiger partial charge in [-0.25, -0.2) is 4.79 Å². The van der Waals surface area contributed by atoms with Crippen LogP contribution in [0.25, 0.3) is 0 Å². The summed E-state index contributed by atoms with van der Waals surface area (Å²) in [6, 6.07) is 0. The first kappa shape index (κ1) is 10.2. The van der Waals surface area contributed by atoms with Crippen molar-refractivity contribution in [1.82, 2.24) is 5.32 Å². The van der Waals surface area contributed by atoms with Gasteiger partial charge in [0.05, 0.1) is 7.11 Å². The molecule has 0 aromatic heterocycles. The Kier molecular flexibility index (Phi) is 5.56. The zero-order valence-corrected chi connectivity index (χ0v) is 8.01. The second-order valence-corrected chi connectivity index (χ2v) is 2.32. The zero-order valence-electron chi connectivity index (χ0n) is 6.43. The largest absolute Gasteiger partial charge is 0.466 e. The fraction of sp³-hybridized carbons (Fsp3) is 0.286. The van der Waals surface area contributed by atoms with Crippen molar-refractivity contribution in [2.75, 3.05) is 7.11 Å². The number of carbonyl (C=O) groups is 1. The SMILES string of the molecule is COC(=O)/C=C(/C)NC=CBr. The van der Waals surface area contributed by atoms with E-state index in [0.29, 0.717) is 0 Å². The maximum absolute atomic E-state index is 10.6. The highest BCUT2D eigenvalue weighted by Gasteiger charge is 1.92. The Morgan fingerprint density at radius 2 is 2.27 bits per heavy atom. The number of nitrogens with one attached hydrogen (secondary N) is 1. The normalized spacial score (nSPS) is 11.7. The van der Waals surface area contributed by atoms with Crippen LogP contribution in [0.2, 0.25) is 0 Å². The maximum Gasteiger partial charge on any atom is 0.332 e. The molecule has 0 saturated heterocycles. The maximum atomic E-state index is 10.6. The molecule has 62 valence electrons. The van der Waals surface area contributed by atoms with Gasteiger partial charge >= 0.3 is 5.97 Å². The van der Waals surface area contributed by atoms with Gasteiger partial charge in [-0.15, -0.1) is 0 Å². The Hall–Kier alpha value is -0.770. The predicted molar refractivity (Wildman–Crippen MR) is 47.0 cm³/mol. The molecule has 0 aromatic carbocycles. The van der Waals surface area contributed by atoms with Crippen molar-refractivity contribution in [2.24, 2.45) is 0 Å². The monoisotopic (exact) mass is 219 g/mol. The van der Waals surface area contributed by atoms with E-state index in [1.807, 2.05) is 0 Å². The lowest BCUT2D eigenvalue weighted by Gasteiger charge is -1.97. The number of allylic oxidation sites excluding steroid dienone is 1. The zero-order chi connectivity index (χ0) is 8.69. The van der Waals surface area contributed by atoms with Crippen molar-refractivity contribution >= 4 is 21.9 Å². The van der Waals surface area contributed by atoms with Crippen LogP contribution >= 0.6 is 15.9 Å². The van der Waals surface area contributed by atoms with Crippen molar-refractivity contribution < 1.29 is 9.53 Å². The summed E-state index contributed by atoms with van der Waals surface area (Å²) in [6.45, 7) is 1.77. The summed E-state index contributed by atoms with van der Waals surface area (Å²) in [5, 5.41) is 2.83. The Bertz CT molecular complexity index is 187. The molecular formula is C7H10BrNO2. The van der Waals surface area contributed by atoms with Crippen molar-refractivity contribution in [1.29, 1.82) is 0 Å². The Morgan fingerprint density at radius 3 is 2.73 bits per heavy atom. The Labute approximate surface area is 74.2 Å². The summed E-state index contributed by atoms with van der Waals surface area (Å²) >= 11 is 3.07. The van der Waals surface area contributed by atoms with Gasteiger partial charge in [0.2, 0.25) is 0 Å². The van der Waals surface area contributed by atoms with E-state index >= 15 is 0 Å². The second kappa shape index (κ2) is 5.97. The van der Waals surface area contributed by atoms with Gasteiger partial charge in [-0.1, -0.05) is 15.9 Å². The first-order valence-electron chi connectivity index (χ1n) is 2.98. The third-order valence-electron chi connectivity index (χ3n) is 0.910. The van der Waals surface area contributed by atoms with Crippen LogP contribution in [-0.2, 0) is 9.53 Å². The molecule has 0 aromatic rings. The van der Waals surface area contributed by atoms with Crippen LogP contribution in [0.1, 0.15) is 6.92 Å². The average molecular weight is 220 g/mol. The number of halogens is 1. The van der Waals surface area contributed by atoms with Crippen molar-refractivity contribution in [2.45, 2.75) is 6.92 Å². The molecule has 4 heteroatoms. The van der Waals surface area contributed by atoms with Crippen LogP contribution in [0.15, 0.2) is 23.0 Å². The standard InChI is InChI=1S/C7H10BrNO2/c1-6(9-4-3-8)5-7(10)11-2/h3-5,9H,1-2H3/b4-3?,6-5-. The molecule has 0 saturated carbocycles. The number of ether oxygens (including phenoxy) is 1. The van der Waals surface area contributed by atoms with Crippen molar-refractivity contribution in [3.05, 3.63) is 23.0 Å². The van der Waals surface area contributed by atoms with Gasteiger partial charge in [-0.3, -0.25) is 0 Å². The minimum absolute atomic E-state index is 0.363. The van der Waals surface area contributed by atoms with Crippen LogP contribution < -0.4 is 5.32 Å². The average Bonchev–Trinajstić information content (AvgIpc) is 2.00. The van der Waals surface area contributed by atoms with Gasteiger partial charge in [0.1, 0.15) is 0 Å². The number of esters is 1. The first-order valence-corrected chi connectivity index (χ1v) is 3.90. The number of carbonyl (C=O) groups excluding carboxylic acids is 1. The van der Waals surface area contributed by atoms with E-state index in [1.165, 1.54) is 13.2 Å². The summed E-state index contributed by atoms with van der Waals surface area (Å²) in [5.41, 5.74) is 0.729. The molecule has 1 N–H and O–H groups in total. The smallest absolute Gasteiger partial charge is 0.332 e. The molecule has 0 rings (SSSR count). The van der Waals surface area contributed by atoms with Crippen LogP contribution in [0.5, 0.6) is 0 Å². The summed E-state index contributed by atoms with van der Waals surface area (Å²) in [6.07, 6.45) is 3.03. The van der Waals surface area contributed by atoms with Gasteiger partial charge in [-0.2, -0.15) is 0 Å². The highest BCUT2D eigenvalue weighted by Crippen LogP contribution is 1.89. The molecule has 0 radical (unpaired) electrons. The fourth-order valence-electron chi connectivity index (χ4n) is 0.440. The summed E-state index contributed by atoms with van der Waals surface area (Å²) in [7, 11) is 1.34. The van der Waals surface area contributed by atoms with Gasteiger partial charge in [0.15, 0.2) is 0 Å². The summed E-state index contributed by atoms with van der Waals surface area (Å²) < 4.78 is 4.41. The topological polar surface area (TPSA) is 38.3 Å². The van der Waals surface area contributed by atoms with E-state index in [9.17, 15) is 4.79 Å². The molecule has 0 unspecified atom stereocenters. The molecule has 3 nitrogen and oxygen atoms in total. The Balaban J connectivity index is 3.89. The number of hydrogen-bond acceptors (Lipinski definition) is 3. The molecule has 0 aliphatic rings. The number of hydrogen-bond donors (Lipinski definition) is 1. The molecule has 0 atom stereocenters. The lowest BCUT2D eigenvalue weighted by molar-refractivity contribution is -0.134. The minimum atomic E-state index is -0.363. The highest BCUT2D eigenvalue weighted by molar-refractivity contribution is 9.11. The van der Waals surface area contributed by atoms with E-state index in [0.717, 1.165) is 5.70 Å². The Morgan fingerprint density at radius 1 is 1.64 bits per heavy atom. The lowest BCUT2D eigenvalue weighted by atomic mass is 10.4. The molecule has 11 heavy (non-hydrogen) atoms. The third-order valence-corrected chi connectivity index (χ3v) is 1.17. The first-order chi connectivity index (χ1) is 5.20. The summed E-state index contributed by atoms with van der Waals surface area (Å²) in [5.74, 6) is -0.363. The fourth-order valence-corrected chi connectivity index (χ4v) is 0.572. The van der Waals surface area contributed by atoms with E-state index in [2.05, 4.69) is 26.0 Å². The quantitative estimate of drug-likeness (QED) is 0.578. The van der Waals surface area contributed by atoms with Gasteiger partial charge in [0.25, 0.3) is 0 Å². The minimum Gasteiger partial charge on any atom is -0.466 e. The second-order valence-electron chi connectivity index (χ2n) is 1.79. The third kappa shape index (κ3) is 5.66. The molecule has 0 amide bonds. The van der Waals surface area contributed by atoms with Crippen LogP contribution in [0, 0.1) is 0 Å². The summed E-state index contributed by atoms with van der Waals surface area (Å²) in [4.78, 5) is 12.3. The van der Waals surface area contributed by atoms with Crippen molar-refractivity contribution in [3.8, 4) is 0 Å². The molecule has 0 fully saturated rings. The van der Waals surface area contributed by atoms with Gasteiger partial charge in [0, 0.05) is 18.0 Å². The predicted octanol–water partition coefficient (Wildman–Crippen LogP) is 1.52. The highest BCUT2D eigenvalue weighted by atomic mass is 79.9. The lowest BCUT2D eigenvalue weighted by Crippen LogP contribution is -2.04. The van der Waals surface area contributed by atoms with Crippen LogP contribution in [-0.4, -0.2) is 13.1 Å². The molecule has 0 aliphatic heterocycles. The van der Waals surface area contributed by atoms with E-state index in [4.69, 9.17) is 0 Å². The van der Waals surface area contributed by atoms with E-state index in [1.54, 1.807) is 18.1 Å². The molecule has 0 bridgehead atoms. The van der Waals surface area contributed by atoms with Crippen LogP contribution in [0.4, 0.5) is 0 Å². The molecule has 0 aliphatic carbocycles. The number of rotatable bonds is 3. The molecule has 0 heterocycles. The molecular weight excluding hydrogens is 210 g/mol. The molecule has 0 spiro atoms. The van der Waals surface area contributed by atoms with E-state index < -0.39 is 0 Å². The van der Waals surface area contributed by atoms with Gasteiger partial charge in [-0.05, 0) is 11.9 Å². The van der Waals surface area contributed by atoms with Crippen molar-refractivity contribution in [3.63, 3.8) is 0 Å². The number of methoxy groups -OCH3 is 1. The van der Waals surface area contributed by atoms with Crippen LogP contribution in [0.3, 0.4) is 0 Å².